The smallest absolute Gasteiger partial charge is 0.190 e. The number of halogens is 2. The Bertz CT molecular complexity index is 424. The van der Waals surface area contributed by atoms with Crippen molar-refractivity contribution in [2.45, 2.75) is 0 Å². The van der Waals surface area contributed by atoms with Gasteiger partial charge in [0.1, 0.15) is 11.6 Å². The van der Waals surface area contributed by atoms with Gasteiger partial charge in [0, 0.05) is 10.3 Å². The van der Waals surface area contributed by atoms with Gasteiger partial charge in [-0.3, -0.25) is 4.79 Å². The molecule has 1 rings (SSSR count). The van der Waals surface area contributed by atoms with Crippen molar-refractivity contribution in [2.75, 3.05) is 12.5 Å². The first-order valence-corrected chi connectivity index (χ1v) is 6.82. The summed E-state index contributed by atoms with van der Waals surface area (Å²) in [6, 6.07) is 2.85. The number of rotatable bonds is 4. The molecule has 1 aromatic rings. The van der Waals surface area contributed by atoms with Crippen LogP contribution in [0, 0.1) is 11.6 Å². The van der Waals surface area contributed by atoms with Crippen LogP contribution in [0.15, 0.2) is 28.5 Å². The summed E-state index contributed by atoms with van der Waals surface area (Å²) in [5, 5.41) is 0. The van der Waals surface area contributed by atoms with Crippen LogP contribution >= 0.6 is 23.5 Å². The number of hydrogen-bond acceptors (Lipinski definition) is 3. The van der Waals surface area contributed by atoms with Crippen molar-refractivity contribution in [3.8, 4) is 0 Å². The van der Waals surface area contributed by atoms with Crippen LogP contribution in [-0.4, -0.2) is 18.3 Å². The Kier molecular flexibility index (Phi) is 5.02. The lowest BCUT2D eigenvalue weighted by atomic mass is 10.1. The van der Waals surface area contributed by atoms with Crippen LogP contribution in [0.1, 0.15) is 10.4 Å². The van der Waals surface area contributed by atoms with Crippen LogP contribution in [0.2, 0.25) is 0 Å². The molecule has 5 heteroatoms. The summed E-state index contributed by atoms with van der Waals surface area (Å²) >= 11 is 2.78. The second-order valence-corrected chi connectivity index (χ2v) is 4.81. The molecule has 86 valence electrons. The maximum Gasteiger partial charge on any atom is 0.190 e. The van der Waals surface area contributed by atoms with Crippen LogP contribution in [0.4, 0.5) is 8.78 Å². The summed E-state index contributed by atoms with van der Waals surface area (Å²) < 4.78 is 26.9. The van der Waals surface area contributed by atoms with Crippen LogP contribution in [0.25, 0.3) is 0 Å². The molecular formula is C11H10F2OS2. The summed E-state index contributed by atoms with van der Waals surface area (Å²) in [6.07, 6.45) is 4.95. The molecule has 0 saturated heterocycles. The predicted molar refractivity (Wildman–Crippen MR) is 65.8 cm³/mol. The Balaban J connectivity index is 3.05. The SMILES string of the molecule is CSC(=CC(=O)c1cc(F)ccc1F)SC. The molecule has 0 aliphatic heterocycles. The van der Waals surface area contributed by atoms with Crippen LogP contribution < -0.4 is 0 Å². The number of carbonyl (C=O) groups excluding carboxylic acids is 1. The Morgan fingerprint density at radius 2 is 1.88 bits per heavy atom. The summed E-state index contributed by atoms with van der Waals surface area (Å²) in [6.45, 7) is 0. The van der Waals surface area contributed by atoms with Gasteiger partial charge in [-0.05, 0) is 30.7 Å². The molecule has 0 aliphatic rings. The molecule has 0 unspecified atom stereocenters. The fourth-order valence-corrected chi connectivity index (χ4v) is 2.19. The van der Waals surface area contributed by atoms with Crippen LogP contribution in [0.5, 0.6) is 0 Å². The van der Waals surface area contributed by atoms with E-state index in [1.54, 1.807) is 0 Å². The van der Waals surface area contributed by atoms with Crippen molar-refractivity contribution in [1.82, 2.24) is 0 Å². The monoisotopic (exact) mass is 260 g/mol. The Morgan fingerprint density at radius 1 is 1.25 bits per heavy atom. The molecular weight excluding hydrogens is 250 g/mol. The van der Waals surface area contributed by atoms with E-state index < -0.39 is 17.4 Å². The standard InChI is InChI=1S/C11H10F2OS2/c1-15-11(16-2)6-10(14)8-5-7(12)3-4-9(8)13/h3-6H,1-2H3. The molecule has 0 atom stereocenters. The molecule has 16 heavy (non-hydrogen) atoms. The third-order valence-corrected chi connectivity index (χ3v) is 3.89. The fourth-order valence-electron chi connectivity index (χ4n) is 1.07. The van der Waals surface area contributed by atoms with E-state index in [-0.39, 0.29) is 5.56 Å². The highest BCUT2D eigenvalue weighted by molar-refractivity contribution is 8.21. The minimum atomic E-state index is -0.704. The summed E-state index contributed by atoms with van der Waals surface area (Å²) in [5.41, 5.74) is -0.236. The largest absolute Gasteiger partial charge is 0.289 e. The molecule has 1 aromatic carbocycles. The molecule has 0 spiro atoms. The topological polar surface area (TPSA) is 17.1 Å². The van der Waals surface area contributed by atoms with Gasteiger partial charge in [0.25, 0.3) is 0 Å². The average Bonchev–Trinajstić information content (AvgIpc) is 2.28. The van der Waals surface area contributed by atoms with Crippen molar-refractivity contribution in [2.24, 2.45) is 0 Å². The number of ketones is 1. The average molecular weight is 260 g/mol. The van der Waals surface area contributed by atoms with Crippen molar-refractivity contribution in [1.29, 1.82) is 0 Å². The van der Waals surface area contributed by atoms with Crippen LogP contribution in [0.3, 0.4) is 0 Å². The lowest BCUT2D eigenvalue weighted by Crippen LogP contribution is -2.00. The lowest BCUT2D eigenvalue weighted by molar-refractivity contribution is 0.104. The first-order valence-electron chi connectivity index (χ1n) is 4.37. The van der Waals surface area contributed by atoms with Crippen molar-refractivity contribution >= 4 is 29.3 Å². The zero-order valence-corrected chi connectivity index (χ0v) is 10.4. The normalized spacial score (nSPS) is 10.0. The van der Waals surface area contributed by atoms with Crippen molar-refractivity contribution < 1.29 is 13.6 Å². The van der Waals surface area contributed by atoms with E-state index in [9.17, 15) is 13.6 Å². The molecule has 0 bridgehead atoms. The highest BCUT2D eigenvalue weighted by Gasteiger charge is 2.11. The second-order valence-electron chi connectivity index (χ2n) is 2.86. The van der Waals surface area contributed by atoms with E-state index in [4.69, 9.17) is 0 Å². The molecule has 0 amide bonds. The van der Waals surface area contributed by atoms with E-state index in [0.29, 0.717) is 0 Å². The van der Waals surface area contributed by atoms with Gasteiger partial charge < -0.3 is 0 Å². The molecule has 0 fully saturated rings. The van der Waals surface area contributed by atoms with Crippen molar-refractivity contribution in [3.63, 3.8) is 0 Å². The molecule has 0 aromatic heterocycles. The summed E-state index contributed by atoms with van der Waals surface area (Å²) in [5.74, 6) is -1.84. The van der Waals surface area contributed by atoms with Gasteiger partial charge in [0.15, 0.2) is 5.78 Å². The number of thioether (sulfide) groups is 2. The van der Waals surface area contributed by atoms with Gasteiger partial charge in [-0.1, -0.05) is 0 Å². The minimum absolute atomic E-state index is 0.236. The number of allylic oxidation sites excluding steroid dienone is 1. The lowest BCUT2D eigenvalue weighted by Gasteiger charge is -2.01. The zero-order valence-electron chi connectivity index (χ0n) is 8.79. The van der Waals surface area contributed by atoms with E-state index in [0.717, 1.165) is 22.4 Å². The van der Waals surface area contributed by atoms with E-state index in [2.05, 4.69) is 0 Å². The quantitative estimate of drug-likeness (QED) is 0.607. The fraction of sp³-hybridized carbons (Fsp3) is 0.182. The number of hydrogen-bond donors (Lipinski definition) is 0. The first-order chi connectivity index (χ1) is 7.58. The number of carbonyl (C=O) groups is 1. The maximum absolute atomic E-state index is 13.2. The third-order valence-electron chi connectivity index (χ3n) is 1.85. The van der Waals surface area contributed by atoms with Gasteiger partial charge in [-0.15, -0.1) is 23.5 Å². The highest BCUT2D eigenvalue weighted by atomic mass is 32.2. The first kappa shape index (κ1) is 13.3. The summed E-state index contributed by atoms with van der Waals surface area (Å²) in [4.78, 5) is 11.6. The number of benzene rings is 1. The van der Waals surface area contributed by atoms with E-state index in [1.807, 2.05) is 12.5 Å². The van der Waals surface area contributed by atoms with Gasteiger partial charge in [0.2, 0.25) is 0 Å². The molecule has 0 aliphatic carbocycles. The van der Waals surface area contributed by atoms with Gasteiger partial charge >= 0.3 is 0 Å². The van der Waals surface area contributed by atoms with E-state index >= 15 is 0 Å². The predicted octanol–water partition coefficient (Wildman–Crippen LogP) is 3.71. The molecule has 0 saturated carbocycles. The third kappa shape index (κ3) is 3.35. The highest BCUT2D eigenvalue weighted by Crippen LogP contribution is 2.24. The zero-order chi connectivity index (χ0) is 12.1. The Hall–Kier alpha value is -0.810. The molecule has 0 heterocycles. The second kappa shape index (κ2) is 6.06. The summed E-state index contributed by atoms with van der Waals surface area (Å²) in [7, 11) is 0. The van der Waals surface area contributed by atoms with Gasteiger partial charge in [-0.2, -0.15) is 0 Å². The maximum atomic E-state index is 13.2. The Morgan fingerprint density at radius 3 is 2.44 bits per heavy atom. The van der Waals surface area contributed by atoms with Gasteiger partial charge in [-0.25, -0.2) is 8.78 Å². The molecule has 0 radical (unpaired) electrons. The van der Waals surface area contributed by atoms with Gasteiger partial charge in [0.05, 0.1) is 5.56 Å². The molecule has 0 N–H and O–H groups in total. The molecule has 1 nitrogen and oxygen atoms in total. The van der Waals surface area contributed by atoms with Crippen LogP contribution in [-0.2, 0) is 0 Å². The minimum Gasteiger partial charge on any atom is -0.289 e. The Labute approximate surface area is 101 Å². The van der Waals surface area contributed by atoms with Crippen molar-refractivity contribution in [3.05, 3.63) is 45.7 Å². The van der Waals surface area contributed by atoms with E-state index in [1.165, 1.54) is 29.6 Å².